The summed E-state index contributed by atoms with van der Waals surface area (Å²) in [6.07, 6.45) is 17.1. The average molecular weight is 857 g/mol. The number of carboxylic acid groups (broad SMARTS) is 2. The van der Waals surface area contributed by atoms with E-state index in [1.165, 1.54) is 25.7 Å². The molecule has 0 bridgehead atoms. The zero-order valence-electron chi connectivity index (χ0n) is 38.2. The molecule has 0 amide bonds. The first kappa shape index (κ1) is 45.6. The number of anilines is 1. The molecular formula is C55H60N4O5. The Balaban J connectivity index is 1.37. The summed E-state index contributed by atoms with van der Waals surface area (Å²) in [7, 11) is 0. The van der Waals surface area contributed by atoms with Crippen LogP contribution < -0.4 is 10.0 Å². The lowest BCUT2D eigenvalue weighted by atomic mass is 9.74. The molecule has 0 saturated heterocycles. The third-order valence-electron chi connectivity index (χ3n) is 13.7. The van der Waals surface area contributed by atoms with Gasteiger partial charge in [-0.25, -0.2) is 9.59 Å². The smallest absolute Gasteiger partial charge is 0.335 e. The van der Waals surface area contributed by atoms with Gasteiger partial charge in [0.2, 0.25) is 5.69 Å². The first-order valence-electron chi connectivity index (χ1n) is 23.2. The minimum absolute atomic E-state index is 0.122. The highest BCUT2D eigenvalue weighted by Crippen LogP contribution is 2.53. The van der Waals surface area contributed by atoms with Crippen LogP contribution in [0.15, 0.2) is 107 Å². The monoisotopic (exact) mass is 856 g/mol. The SMILES string of the molecule is CCCCCCCCN1/C(=C/C2=C([O-])C(=C\C3=[N+](CCCCCCCC)c4ccc5cc(C(=O)O)ccc5c4C3(C)C)/C2=C(C#N)C#N)C(C)(C)c2c1ccc1cc(C(=O)O)ccc21. The van der Waals surface area contributed by atoms with Crippen molar-refractivity contribution in [3.63, 3.8) is 0 Å². The van der Waals surface area contributed by atoms with Gasteiger partial charge in [-0.3, -0.25) is 0 Å². The first-order valence-corrected chi connectivity index (χ1v) is 23.2. The van der Waals surface area contributed by atoms with Crippen LogP contribution in [0.2, 0.25) is 0 Å². The van der Waals surface area contributed by atoms with Gasteiger partial charge in [-0.2, -0.15) is 15.1 Å². The molecule has 9 nitrogen and oxygen atoms in total. The van der Waals surface area contributed by atoms with E-state index in [1.54, 1.807) is 24.3 Å². The van der Waals surface area contributed by atoms with Gasteiger partial charge in [-0.15, -0.1) is 0 Å². The van der Waals surface area contributed by atoms with Crippen molar-refractivity contribution in [3.8, 4) is 12.1 Å². The highest BCUT2D eigenvalue weighted by Gasteiger charge is 2.47. The third-order valence-corrected chi connectivity index (χ3v) is 13.7. The molecule has 2 heterocycles. The fraction of sp³-hybridized carbons (Fsp3) is 0.400. The Morgan fingerprint density at radius 2 is 1.25 bits per heavy atom. The number of nitriles is 2. The Bertz CT molecular complexity index is 2790. The van der Waals surface area contributed by atoms with Crippen LogP contribution in [-0.4, -0.2) is 45.5 Å². The van der Waals surface area contributed by atoms with Crippen molar-refractivity contribution in [3.05, 3.63) is 129 Å². The standard InChI is InChI=1S/C55H60N4O5/c1-7-9-11-13-15-17-27-58-44-25-21-35-29-37(52(61)62)19-23-40(35)49(44)54(3,4)46(58)31-42-48(39(33-56)34-57)43(51(42)60)32-47-55(5,6)50-41-24-20-38(53(63)64)30-36(41)22-26-45(50)59(47)28-18-16-14-12-10-8-2/h19-26,29-32H,7-18,27-28H2,1-6H3,(H2-,60,61,62,63,64). The molecule has 4 aromatic carbocycles. The van der Waals surface area contributed by atoms with Crippen LogP contribution in [0.5, 0.6) is 0 Å². The minimum Gasteiger partial charge on any atom is -0.872 e. The summed E-state index contributed by atoms with van der Waals surface area (Å²) in [4.78, 5) is 26.2. The summed E-state index contributed by atoms with van der Waals surface area (Å²) >= 11 is 0. The van der Waals surface area contributed by atoms with E-state index in [0.29, 0.717) is 29.8 Å². The largest absolute Gasteiger partial charge is 0.872 e. The van der Waals surface area contributed by atoms with Gasteiger partial charge in [0, 0.05) is 53.0 Å². The molecule has 0 spiro atoms. The molecule has 0 unspecified atom stereocenters. The fourth-order valence-electron chi connectivity index (χ4n) is 10.4. The second-order valence-corrected chi connectivity index (χ2v) is 18.7. The molecule has 9 heteroatoms. The molecule has 0 radical (unpaired) electrons. The number of unbranched alkanes of at least 4 members (excludes halogenated alkanes) is 10. The van der Waals surface area contributed by atoms with E-state index in [9.17, 15) is 35.4 Å². The van der Waals surface area contributed by atoms with Crippen LogP contribution in [0.4, 0.5) is 11.4 Å². The molecule has 0 fully saturated rings. The zero-order valence-corrected chi connectivity index (χ0v) is 38.2. The highest BCUT2D eigenvalue weighted by atomic mass is 16.4. The van der Waals surface area contributed by atoms with E-state index in [1.807, 2.05) is 36.4 Å². The lowest BCUT2D eigenvalue weighted by Crippen LogP contribution is -2.32. The number of fused-ring (bicyclic) bond motifs is 6. The maximum Gasteiger partial charge on any atom is 0.335 e. The zero-order chi connectivity index (χ0) is 45.9. The van der Waals surface area contributed by atoms with E-state index in [2.05, 4.69) is 75.3 Å². The van der Waals surface area contributed by atoms with Crippen LogP contribution in [0.3, 0.4) is 0 Å². The summed E-state index contributed by atoms with van der Waals surface area (Å²) in [5, 5.41) is 58.8. The third kappa shape index (κ3) is 8.25. The van der Waals surface area contributed by atoms with Gasteiger partial charge in [0.05, 0.1) is 16.5 Å². The van der Waals surface area contributed by atoms with E-state index in [0.717, 1.165) is 107 Å². The van der Waals surface area contributed by atoms with Gasteiger partial charge in [-0.05, 0) is 107 Å². The van der Waals surface area contributed by atoms with Gasteiger partial charge in [0.1, 0.15) is 24.3 Å². The molecule has 7 rings (SSSR count). The first-order chi connectivity index (χ1) is 30.7. The van der Waals surface area contributed by atoms with Crippen molar-refractivity contribution in [2.45, 2.75) is 129 Å². The molecule has 3 aliphatic rings. The topological polar surface area (TPSA) is 151 Å². The van der Waals surface area contributed by atoms with Crippen molar-refractivity contribution in [2.24, 2.45) is 0 Å². The maximum absolute atomic E-state index is 14.8. The molecule has 64 heavy (non-hydrogen) atoms. The van der Waals surface area contributed by atoms with Gasteiger partial charge in [0.25, 0.3) is 0 Å². The summed E-state index contributed by atoms with van der Waals surface area (Å²) in [6.45, 7) is 14.3. The number of hydrogen-bond donors (Lipinski definition) is 2. The Kier molecular flexibility index (Phi) is 13.3. The normalized spacial score (nSPS) is 17.2. The van der Waals surface area contributed by atoms with Gasteiger partial charge >= 0.3 is 11.9 Å². The molecule has 0 saturated carbocycles. The molecular weight excluding hydrogens is 797 g/mol. The number of benzene rings is 4. The second kappa shape index (κ2) is 18.7. The Hall–Kier alpha value is -6.45. The van der Waals surface area contributed by atoms with Crippen LogP contribution in [0.1, 0.15) is 150 Å². The van der Waals surface area contributed by atoms with E-state index in [-0.39, 0.29) is 22.5 Å². The number of hydrogen-bond acceptors (Lipinski definition) is 6. The minimum atomic E-state index is -0.989. The van der Waals surface area contributed by atoms with E-state index < -0.39 is 22.8 Å². The molecule has 2 aliphatic heterocycles. The lowest BCUT2D eigenvalue weighted by Gasteiger charge is -2.36. The number of nitrogens with zero attached hydrogens (tertiary/aromatic N) is 4. The van der Waals surface area contributed by atoms with Crippen LogP contribution in [0.25, 0.3) is 21.5 Å². The number of rotatable bonds is 18. The number of allylic oxidation sites excluding steroid dienone is 6. The summed E-state index contributed by atoms with van der Waals surface area (Å²) in [5.74, 6) is -2.21. The quantitative estimate of drug-likeness (QED) is 0.0570. The van der Waals surface area contributed by atoms with Crippen molar-refractivity contribution in [2.75, 3.05) is 18.0 Å². The fourth-order valence-corrected chi connectivity index (χ4v) is 10.4. The highest BCUT2D eigenvalue weighted by molar-refractivity contribution is 6.10. The Morgan fingerprint density at radius 3 is 1.83 bits per heavy atom. The van der Waals surface area contributed by atoms with Crippen LogP contribution >= 0.6 is 0 Å². The van der Waals surface area contributed by atoms with Crippen molar-refractivity contribution >= 4 is 50.6 Å². The van der Waals surface area contributed by atoms with Gasteiger partial charge < -0.3 is 20.2 Å². The lowest BCUT2D eigenvalue weighted by molar-refractivity contribution is -0.438. The predicted octanol–water partition coefficient (Wildman–Crippen LogP) is 12.1. The molecule has 2 N–H and O–H groups in total. The van der Waals surface area contributed by atoms with Crippen LogP contribution in [-0.2, 0) is 10.8 Å². The summed E-state index contributed by atoms with van der Waals surface area (Å²) in [6, 6.07) is 22.7. The van der Waals surface area contributed by atoms with Gasteiger partial charge in [0.15, 0.2) is 5.71 Å². The number of carbonyl (C=O) groups is 2. The van der Waals surface area contributed by atoms with Crippen molar-refractivity contribution < 1.29 is 29.5 Å². The Labute approximate surface area is 377 Å². The average Bonchev–Trinajstić information content (AvgIpc) is 3.63. The Morgan fingerprint density at radius 1 is 0.703 bits per heavy atom. The predicted molar refractivity (Wildman–Crippen MR) is 253 cm³/mol. The van der Waals surface area contributed by atoms with Crippen LogP contribution in [0, 0.1) is 22.7 Å². The molecule has 0 atom stereocenters. The van der Waals surface area contributed by atoms with E-state index >= 15 is 0 Å². The number of aromatic carboxylic acids is 2. The second-order valence-electron chi connectivity index (χ2n) is 18.7. The molecule has 4 aromatic rings. The molecule has 1 aliphatic carbocycles. The summed E-state index contributed by atoms with van der Waals surface area (Å²) < 4.78 is 2.28. The maximum atomic E-state index is 14.8. The summed E-state index contributed by atoms with van der Waals surface area (Å²) in [5.41, 5.74) is 5.93. The molecule has 330 valence electrons. The van der Waals surface area contributed by atoms with E-state index in [4.69, 9.17) is 0 Å². The van der Waals surface area contributed by atoms with Crippen molar-refractivity contribution in [1.29, 1.82) is 10.5 Å². The van der Waals surface area contributed by atoms with Crippen molar-refractivity contribution in [1.82, 2.24) is 0 Å². The molecule has 0 aromatic heterocycles. The van der Waals surface area contributed by atoms with Gasteiger partial charge in [-0.1, -0.05) is 109 Å². The number of carboxylic acids is 2.